The number of hydrazone groups is 1. The van der Waals surface area contributed by atoms with Crippen LogP contribution < -0.4 is 10.2 Å². The minimum absolute atomic E-state index is 0.336. The Morgan fingerprint density at radius 2 is 1.89 bits per heavy atom. The Bertz CT molecular complexity index is 957. The van der Waals surface area contributed by atoms with Crippen LogP contribution in [0.3, 0.4) is 0 Å². The van der Waals surface area contributed by atoms with E-state index in [0.717, 1.165) is 22.4 Å². The molecule has 3 rings (SSSR count). The molecule has 0 unspecified atom stereocenters. The molecule has 1 amide bonds. The molecule has 27 heavy (non-hydrogen) atoms. The SMILES string of the molecule is COc1ccc(-c2cc(C(=O)NN=C/C(C)=C/c3ccccc3)[nH]n2)cc1. The fraction of sp³-hybridized carbons (Fsp3) is 0.0952. The van der Waals surface area contributed by atoms with Gasteiger partial charge in [0.2, 0.25) is 0 Å². The molecule has 6 heteroatoms. The molecule has 0 saturated heterocycles. The van der Waals surface area contributed by atoms with Crippen LogP contribution in [0.2, 0.25) is 0 Å². The number of carbonyl (C=O) groups is 1. The number of nitrogens with zero attached hydrogens (tertiary/aromatic N) is 2. The van der Waals surface area contributed by atoms with Gasteiger partial charge in [-0.25, -0.2) is 5.43 Å². The van der Waals surface area contributed by atoms with E-state index >= 15 is 0 Å². The van der Waals surface area contributed by atoms with Crippen molar-refractivity contribution in [2.45, 2.75) is 6.92 Å². The van der Waals surface area contributed by atoms with Crippen LogP contribution in [0, 0.1) is 0 Å². The lowest BCUT2D eigenvalue weighted by atomic mass is 10.1. The van der Waals surface area contributed by atoms with Gasteiger partial charge in [-0.15, -0.1) is 0 Å². The minimum Gasteiger partial charge on any atom is -0.497 e. The molecule has 1 heterocycles. The van der Waals surface area contributed by atoms with Crippen molar-refractivity contribution in [2.24, 2.45) is 5.10 Å². The maximum absolute atomic E-state index is 12.2. The van der Waals surface area contributed by atoms with Crippen LogP contribution in [0.5, 0.6) is 5.75 Å². The van der Waals surface area contributed by atoms with E-state index < -0.39 is 0 Å². The van der Waals surface area contributed by atoms with Crippen LogP contribution in [0.15, 0.2) is 71.3 Å². The van der Waals surface area contributed by atoms with Gasteiger partial charge < -0.3 is 4.74 Å². The summed E-state index contributed by atoms with van der Waals surface area (Å²) in [6.45, 7) is 1.92. The third-order valence-corrected chi connectivity index (χ3v) is 3.84. The summed E-state index contributed by atoms with van der Waals surface area (Å²) in [6, 6.07) is 19.0. The first kappa shape index (κ1) is 18.1. The molecule has 6 nitrogen and oxygen atoms in total. The van der Waals surface area contributed by atoms with Crippen molar-refractivity contribution >= 4 is 18.2 Å². The number of hydrogen-bond acceptors (Lipinski definition) is 4. The van der Waals surface area contributed by atoms with Crippen LogP contribution in [0.1, 0.15) is 23.0 Å². The number of methoxy groups -OCH3 is 1. The molecule has 0 spiro atoms. The van der Waals surface area contributed by atoms with Crippen LogP contribution in [0.4, 0.5) is 0 Å². The summed E-state index contributed by atoms with van der Waals surface area (Å²) in [7, 11) is 1.61. The second kappa shape index (κ2) is 8.62. The smallest absolute Gasteiger partial charge is 0.289 e. The topological polar surface area (TPSA) is 79.4 Å². The third kappa shape index (κ3) is 4.92. The van der Waals surface area contributed by atoms with Gasteiger partial charge in [-0.2, -0.15) is 10.2 Å². The second-order valence-electron chi connectivity index (χ2n) is 5.89. The van der Waals surface area contributed by atoms with Gasteiger partial charge in [0.1, 0.15) is 11.4 Å². The summed E-state index contributed by atoms with van der Waals surface area (Å²) in [5.41, 5.74) is 6.39. The lowest BCUT2D eigenvalue weighted by Crippen LogP contribution is -2.17. The summed E-state index contributed by atoms with van der Waals surface area (Å²) in [5, 5.41) is 10.9. The van der Waals surface area contributed by atoms with E-state index in [-0.39, 0.29) is 5.91 Å². The number of benzene rings is 2. The van der Waals surface area contributed by atoms with E-state index in [1.807, 2.05) is 67.6 Å². The molecule has 0 aliphatic carbocycles. The summed E-state index contributed by atoms with van der Waals surface area (Å²) < 4.78 is 5.14. The highest BCUT2D eigenvalue weighted by Crippen LogP contribution is 2.21. The van der Waals surface area contributed by atoms with Gasteiger partial charge in [-0.05, 0) is 48.4 Å². The number of H-pyrrole nitrogens is 1. The van der Waals surface area contributed by atoms with E-state index in [4.69, 9.17) is 4.74 Å². The van der Waals surface area contributed by atoms with Crippen molar-refractivity contribution in [1.82, 2.24) is 15.6 Å². The molecule has 0 radical (unpaired) electrons. The summed E-state index contributed by atoms with van der Waals surface area (Å²) in [5.74, 6) is 0.409. The molecule has 2 aromatic carbocycles. The molecule has 2 N–H and O–H groups in total. The van der Waals surface area contributed by atoms with Crippen LogP contribution in [-0.2, 0) is 0 Å². The van der Waals surface area contributed by atoms with E-state index in [2.05, 4.69) is 20.7 Å². The van der Waals surface area contributed by atoms with E-state index in [1.54, 1.807) is 19.4 Å². The van der Waals surface area contributed by atoms with Crippen molar-refractivity contribution in [3.05, 3.63) is 77.5 Å². The maximum Gasteiger partial charge on any atom is 0.289 e. The number of aromatic nitrogens is 2. The molecule has 0 aliphatic heterocycles. The van der Waals surface area contributed by atoms with Crippen molar-refractivity contribution in [3.8, 4) is 17.0 Å². The largest absolute Gasteiger partial charge is 0.497 e. The first-order chi connectivity index (χ1) is 13.2. The zero-order valence-electron chi connectivity index (χ0n) is 15.1. The maximum atomic E-state index is 12.2. The Labute approximate surface area is 157 Å². The number of ether oxygens (including phenoxy) is 1. The summed E-state index contributed by atoms with van der Waals surface area (Å²) in [4.78, 5) is 12.2. The van der Waals surface area contributed by atoms with E-state index in [9.17, 15) is 4.79 Å². The lowest BCUT2D eigenvalue weighted by molar-refractivity contribution is 0.0950. The van der Waals surface area contributed by atoms with Gasteiger partial charge >= 0.3 is 0 Å². The number of amides is 1. The van der Waals surface area contributed by atoms with Crippen LogP contribution >= 0.6 is 0 Å². The van der Waals surface area contributed by atoms with Crippen molar-refractivity contribution in [3.63, 3.8) is 0 Å². The van der Waals surface area contributed by atoms with Gasteiger partial charge in [0, 0.05) is 5.56 Å². The number of hydrogen-bond donors (Lipinski definition) is 2. The monoisotopic (exact) mass is 360 g/mol. The average Bonchev–Trinajstić information content (AvgIpc) is 3.19. The lowest BCUT2D eigenvalue weighted by Gasteiger charge is -2.00. The second-order valence-corrected chi connectivity index (χ2v) is 5.89. The quantitative estimate of drug-likeness (QED) is 0.517. The predicted octanol–water partition coefficient (Wildman–Crippen LogP) is 3.90. The standard InChI is InChI=1S/C21H20N4O2/c1-15(12-16-6-4-3-5-7-16)14-22-25-21(26)20-13-19(23-24-20)17-8-10-18(27-2)11-9-17/h3-14H,1-2H3,(H,23,24)(H,25,26)/b15-12+,22-14?. The first-order valence-electron chi connectivity index (χ1n) is 8.42. The zero-order valence-corrected chi connectivity index (χ0v) is 15.1. The molecule has 0 bridgehead atoms. The molecule has 136 valence electrons. The Hall–Kier alpha value is -3.67. The molecule has 0 fully saturated rings. The van der Waals surface area contributed by atoms with Gasteiger partial charge in [0.25, 0.3) is 5.91 Å². The molecule has 0 atom stereocenters. The van der Waals surface area contributed by atoms with Gasteiger partial charge in [0.05, 0.1) is 19.0 Å². The Balaban J connectivity index is 1.61. The van der Waals surface area contributed by atoms with Crippen LogP contribution in [0.25, 0.3) is 17.3 Å². The Kier molecular flexibility index (Phi) is 5.79. The number of allylic oxidation sites excluding steroid dienone is 1. The number of nitrogens with one attached hydrogen (secondary N) is 2. The third-order valence-electron chi connectivity index (χ3n) is 3.84. The molecular weight excluding hydrogens is 340 g/mol. The highest BCUT2D eigenvalue weighted by Gasteiger charge is 2.10. The van der Waals surface area contributed by atoms with Crippen LogP contribution in [-0.4, -0.2) is 29.4 Å². The average molecular weight is 360 g/mol. The van der Waals surface area contributed by atoms with Crippen molar-refractivity contribution in [1.29, 1.82) is 0 Å². The summed E-state index contributed by atoms with van der Waals surface area (Å²) >= 11 is 0. The Morgan fingerprint density at radius 1 is 1.15 bits per heavy atom. The zero-order chi connectivity index (χ0) is 19.1. The van der Waals surface area contributed by atoms with E-state index in [0.29, 0.717) is 11.4 Å². The van der Waals surface area contributed by atoms with Gasteiger partial charge in [-0.1, -0.05) is 36.4 Å². The fourth-order valence-corrected chi connectivity index (χ4v) is 2.45. The fourth-order valence-electron chi connectivity index (χ4n) is 2.45. The van der Waals surface area contributed by atoms with Crippen molar-refractivity contribution in [2.75, 3.05) is 7.11 Å². The van der Waals surface area contributed by atoms with Gasteiger partial charge in [-0.3, -0.25) is 9.89 Å². The van der Waals surface area contributed by atoms with Gasteiger partial charge in [0.15, 0.2) is 0 Å². The molecular formula is C21H20N4O2. The molecule has 3 aromatic rings. The van der Waals surface area contributed by atoms with Crippen molar-refractivity contribution < 1.29 is 9.53 Å². The Morgan fingerprint density at radius 3 is 2.59 bits per heavy atom. The highest BCUT2D eigenvalue weighted by atomic mass is 16.5. The first-order valence-corrected chi connectivity index (χ1v) is 8.42. The number of rotatable bonds is 6. The molecule has 0 aliphatic rings. The summed E-state index contributed by atoms with van der Waals surface area (Å²) in [6.07, 6.45) is 3.58. The predicted molar refractivity (Wildman–Crippen MR) is 107 cm³/mol. The van der Waals surface area contributed by atoms with E-state index in [1.165, 1.54) is 0 Å². The molecule has 1 aromatic heterocycles. The molecule has 0 saturated carbocycles. The number of aromatic amines is 1. The highest BCUT2D eigenvalue weighted by molar-refractivity contribution is 5.94. The minimum atomic E-state index is -0.356. The number of carbonyl (C=O) groups excluding carboxylic acids is 1. The normalized spacial score (nSPS) is 11.6.